The molecule has 1 heterocycles. The molecule has 0 spiro atoms. The van der Waals surface area contributed by atoms with Gasteiger partial charge in [0.1, 0.15) is 5.54 Å². The number of hydrogen-bond donors (Lipinski definition) is 2. The molecule has 2 fully saturated rings. The molecule has 5 nitrogen and oxygen atoms in total. The van der Waals surface area contributed by atoms with Crippen LogP contribution >= 0.6 is 0 Å². The summed E-state index contributed by atoms with van der Waals surface area (Å²) in [6, 6.07) is 0. The molecule has 0 aromatic carbocycles. The number of hydrogen-bond acceptors (Lipinski definition) is 4. The fourth-order valence-electron chi connectivity index (χ4n) is 3.69. The fourth-order valence-corrected chi connectivity index (χ4v) is 3.69. The number of nitrogens with one attached hydrogen (secondary N) is 1. The van der Waals surface area contributed by atoms with Gasteiger partial charge in [0, 0.05) is 37.7 Å². The summed E-state index contributed by atoms with van der Waals surface area (Å²) in [5, 5.41) is 2.98. The molecule has 0 aromatic rings. The first kappa shape index (κ1) is 16.7. The van der Waals surface area contributed by atoms with Gasteiger partial charge in [0.25, 0.3) is 0 Å². The van der Waals surface area contributed by atoms with E-state index in [2.05, 4.69) is 19.2 Å². The fraction of sp³-hybridized carbons (Fsp3) is 0.938. The molecule has 1 amide bonds. The van der Waals surface area contributed by atoms with Gasteiger partial charge in [-0.25, -0.2) is 0 Å². The molecule has 1 aliphatic heterocycles. The molecule has 3 atom stereocenters. The van der Waals surface area contributed by atoms with E-state index in [0.717, 1.165) is 19.4 Å². The number of carbonyl (C=O) groups is 1. The van der Waals surface area contributed by atoms with Crippen molar-refractivity contribution in [3.63, 3.8) is 0 Å². The number of carbonyl (C=O) groups excluding carboxylic acids is 1. The topological polar surface area (TPSA) is 73.6 Å². The molecular formula is C16H30N2O3. The quantitative estimate of drug-likeness (QED) is 0.695. The van der Waals surface area contributed by atoms with Crippen molar-refractivity contribution >= 4 is 5.91 Å². The van der Waals surface area contributed by atoms with E-state index in [9.17, 15) is 4.79 Å². The van der Waals surface area contributed by atoms with Gasteiger partial charge < -0.3 is 20.5 Å². The highest BCUT2D eigenvalue weighted by Crippen LogP contribution is 2.58. The molecular weight excluding hydrogens is 268 g/mol. The van der Waals surface area contributed by atoms with Crippen molar-refractivity contribution in [3.8, 4) is 0 Å². The predicted octanol–water partition coefficient (Wildman–Crippen LogP) is 1.31. The number of fused-ring (bicyclic) bond motifs is 1. The Morgan fingerprint density at radius 2 is 2.19 bits per heavy atom. The third-order valence-corrected chi connectivity index (χ3v) is 5.03. The van der Waals surface area contributed by atoms with Gasteiger partial charge in [0.15, 0.2) is 0 Å². The second-order valence-electron chi connectivity index (χ2n) is 7.36. The van der Waals surface area contributed by atoms with Crippen molar-refractivity contribution in [2.24, 2.45) is 23.0 Å². The molecule has 3 N–H and O–H groups in total. The summed E-state index contributed by atoms with van der Waals surface area (Å²) in [6.07, 6.45) is 1.83. The van der Waals surface area contributed by atoms with Crippen LogP contribution in [0.4, 0.5) is 0 Å². The van der Waals surface area contributed by atoms with Gasteiger partial charge in [-0.05, 0) is 18.8 Å². The first-order valence-electron chi connectivity index (χ1n) is 8.08. The lowest BCUT2D eigenvalue weighted by atomic mass is 9.48. The summed E-state index contributed by atoms with van der Waals surface area (Å²) in [7, 11) is 0. The Balaban J connectivity index is 1.75. The molecule has 1 aliphatic carbocycles. The Morgan fingerprint density at radius 3 is 2.86 bits per heavy atom. The van der Waals surface area contributed by atoms with Crippen molar-refractivity contribution in [3.05, 3.63) is 0 Å². The molecule has 0 aromatic heterocycles. The Kier molecular flexibility index (Phi) is 4.96. The first-order chi connectivity index (χ1) is 9.81. The highest BCUT2D eigenvalue weighted by Gasteiger charge is 2.71. The van der Waals surface area contributed by atoms with E-state index >= 15 is 0 Å². The minimum absolute atomic E-state index is 0.0388. The molecule has 1 saturated carbocycles. The van der Waals surface area contributed by atoms with Crippen molar-refractivity contribution in [1.29, 1.82) is 0 Å². The average Bonchev–Trinajstić information content (AvgIpc) is 2.89. The average molecular weight is 298 g/mol. The Bertz CT molecular complexity index is 384. The molecule has 21 heavy (non-hydrogen) atoms. The largest absolute Gasteiger partial charge is 0.381 e. The third kappa shape index (κ3) is 2.83. The van der Waals surface area contributed by atoms with Gasteiger partial charge in [-0.1, -0.05) is 27.7 Å². The molecule has 2 aliphatic rings. The Morgan fingerprint density at radius 1 is 1.48 bits per heavy atom. The van der Waals surface area contributed by atoms with Crippen molar-refractivity contribution in [2.45, 2.75) is 52.2 Å². The SMILES string of the molecule is CC(C)COCCCNC(=O)C1(N)C2CCOC2C1(C)C. The van der Waals surface area contributed by atoms with Crippen LogP contribution in [0.15, 0.2) is 0 Å². The van der Waals surface area contributed by atoms with Crippen LogP contribution < -0.4 is 11.1 Å². The molecule has 3 unspecified atom stereocenters. The van der Waals surface area contributed by atoms with Crippen LogP contribution in [0, 0.1) is 17.3 Å². The van der Waals surface area contributed by atoms with Crippen LogP contribution in [0.1, 0.15) is 40.5 Å². The minimum Gasteiger partial charge on any atom is -0.381 e. The number of nitrogens with two attached hydrogens (primary N) is 1. The molecule has 122 valence electrons. The maximum Gasteiger partial charge on any atom is 0.241 e. The maximum atomic E-state index is 12.5. The summed E-state index contributed by atoms with van der Waals surface area (Å²) in [4.78, 5) is 12.5. The maximum absolute atomic E-state index is 12.5. The van der Waals surface area contributed by atoms with Crippen molar-refractivity contribution in [2.75, 3.05) is 26.4 Å². The van der Waals surface area contributed by atoms with Gasteiger partial charge in [0.05, 0.1) is 6.10 Å². The monoisotopic (exact) mass is 298 g/mol. The number of amides is 1. The summed E-state index contributed by atoms with van der Waals surface area (Å²) in [5.74, 6) is 0.662. The lowest BCUT2D eigenvalue weighted by Gasteiger charge is -2.60. The summed E-state index contributed by atoms with van der Waals surface area (Å²) in [6.45, 7) is 11.1. The smallest absolute Gasteiger partial charge is 0.241 e. The Hall–Kier alpha value is -0.650. The van der Waals surface area contributed by atoms with E-state index in [-0.39, 0.29) is 23.3 Å². The number of rotatable bonds is 7. The van der Waals surface area contributed by atoms with Crippen molar-refractivity contribution in [1.82, 2.24) is 5.32 Å². The summed E-state index contributed by atoms with van der Waals surface area (Å²) in [5.41, 5.74) is 5.37. The highest BCUT2D eigenvalue weighted by molar-refractivity contribution is 5.89. The third-order valence-electron chi connectivity index (χ3n) is 5.03. The zero-order valence-corrected chi connectivity index (χ0v) is 13.8. The van der Waals surface area contributed by atoms with Crippen LogP contribution in [-0.2, 0) is 14.3 Å². The van der Waals surface area contributed by atoms with Crippen molar-refractivity contribution < 1.29 is 14.3 Å². The molecule has 2 rings (SSSR count). The van der Waals surface area contributed by atoms with E-state index < -0.39 is 5.54 Å². The van der Waals surface area contributed by atoms with Gasteiger partial charge in [-0.15, -0.1) is 0 Å². The lowest BCUT2D eigenvalue weighted by Crippen LogP contribution is -2.80. The molecule has 5 heteroatoms. The summed E-state index contributed by atoms with van der Waals surface area (Å²) < 4.78 is 11.2. The van der Waals surface area contributed by atoms with Crippen LogP contribution in [-0.4, -0.2) is 43.9 Å². The normalized spacial score (nSPS) is 33.6. The second-order valence-corrected chi connectivity index (χ2v) is 7.36. The van der Waals surface area contributed by atoms with E-state index in [0.29, 0.717) is 25.7 Å². The summed E-state index contributed by atoms with van der Waals surface area (Å²) >= 11 is 0. The predicted molar refractivity (Wildman–Crippen MR) is 81.8 cm³/mol. The minimum atomic E-state index is -0.799. The number of ether oxygens (including phenoxy) is 2. The first-order valence-corrected chi connectivity index (χ1v) is 8.08. The van der Waals surface area contributed by atoms with E-state index in [1.807, 2.05) is 13.8 Å². The van der Waals surface area contributed by atoms with Crippen LogP contribution in [0.3, 0.4) is 0 Å². The zero-order chi connectivity index (χ0) is 15.7. The van der Waals surface area contributed by atoms with Gasteiger partial charge in [-0.2, -0.15) is 0 Å². The molecule has 0 bridgehead atoms. The molecule has 1 saturated heterocycles. The van der Waals surface area contributed by atoms with Crippen LogP contribution in [0.5, 0.6) is 0 Å². The van der Waals surface area contributed by atoms with Crippen LogP contribution in [0.25, 0.3) is 0 Å². The van der Waals surface area contributed by atoms with E-state index in [1.54, 1.807) is 0 Å². The Labute approximate surface area is 127 Å². The second kappa shape index (κ2) is 6.23. The highest BCUT2D eigenvalue weighted by atomic mass is 16.5. The lowest BCUT2D eigenvalue weighted by molar-refractivity contribution is -0.175. The molecule has 0 radical (unpaired) electrons. The van der Waals surface area contributed by atoms with Gasteiger partial charge >= 0.3 is 0 Å². The van der Waals surface area contributed by atoms with Crippen LogP contribution in [0.2, 0.25) is 0 Å². The van der Waals surface area contributed by atoms with E-state index in [4.69, 9.17) is 15.2 Å². The van der Waals surface area contributed by atoms with E-state index in [1.165, 1.54) is 0 Å². The standard InChI is InChI=1S/C16H30N2O3/c1-11(2)10-20-8-5-7-18-14(19)16(17)12-6-9-21-13(12)15(16,3)4/h11-13H,5-10,17H2,1-4H3,(H,18,19). The van der Waals surface area contributed by atoms with Gasteiger partial charge in [0.2, 0.25) is 5.91 Å². The van der Waals surface area contributed by atoms with Gasteiger partial charge in [-0.3, -0.25) is 4.79 Å². The zero-order valence-electron chi connectivity index (χ0n) is 13.8.